The first-order valence-electron chi connectivity index (χ1n) is 20.2. The van der Waals surface area contributed by atoms with Crippen LogP contribution in [-0.2, 0) is 9.47 Å². The Hall–Kier alpha value is -5.76. The number of rotatable bonds is 7. The van der Waals surface area contributed by atoms with Crippen molar-refractivity contribution in [2.45, 2.75) is 12.1 Å². The highest BCUT2D eigenvalue weighted by molar-refractivity contribution is 6.34. The number of fused-ring (bicyclic) bond motifs is 2. The number of aromatic hydroxyl groups is 1. The third kappa shape index (κ3) is 10.7. The average Bonchev–Trinajstić information content (AvgIpc) is 3.29. The average molecular weight is 912 g/mol. The number of carbonyl (C=O) groups excluding carboxylic acids is 4. The van der Waals surface area contributed by atoms with E-state index in [0.717, 1.165) is 32.8 Å². The van der Waals surface area contributed by atoms with E-state index in [4.69, 9.17) is 37.4 Å². The Kier molecular flexibility index (Phi) is 14.8. The number of piperazine rings is 2. The van der Waals surface area contributed by atoms with Crippen LogP contribution >= 0.6 is 23.2 Å². The van der Waals surface area contributed by atoms with Gasteiger partial charge in [0.1, 0.15) is 11.6 Å². The number of anilines is 4. The van der Waals surface area contributed by atoms with E-state index < -0.39 is 23.7 Å². The minimum Gasteiger partial charge on any atom is -0.505 e. The van der Waals surface area contributed by atoms with Gasteiger partial charge in [-0.05, 0) is 48.5 Å². The number of methoxy groups -OCH3 is 1. The van der Waals surface area contributed by atoms with E-state index in [1.165, 1.54) is 55.6 Å². The number of amides is 6. The number of morpholine rings is 2. The molecular weight excluding hydrogens is 865 g/mol. The van der Waals surface area contributed by atoms with Gasteiger partial charge in [0, 0.05) is 52.4 Å². The van der Waals surface area contributed by atoms with E-state index in [9.17, 15) is 33.1 Å². The first-order valence-corrected chi connectivity index (χ1v) is 20.9. The largest absolute Gasteiger partial charge is 0.505 e. The van der Waals surface area contributed by atoms with Crippen LogP contribution in [0.3, 0.4) is 0 Å². The number of nitrogens with zero attached hydrogens (tertiary/aromatic N) is 4. The van der Waals surface area contributed by atoms with Crippen molar-refractivity contribution in [2.75, 3.05) is 107 Å². The molecule has 16 nitrogen and oxygen atoms in total. The molecule has 4 saturated heterocycles. The second-order valence-corrected chi connectivity index (χ2v) is 15.7. The second kappa shape index (κ2) is 20.6. The summed E-state index contributed by atoms with van der Waals surface area (Å²) in [5.41, 5.74) is 1.01. The molecular formula is C43H46Cl2F2N8O8. The predicted molar refractivity (Wildman–Crippen MR) is 233 cm³/mol. The van der Waals surface area contributed by atoms with Crippen LogP contribution in [0.25, 0.3) is 0 Å². The molecule has 2 atom stereocenters. The molecule has 8 rings (SSSR count). The normalized spacial score (nSPS) is 18.7. The number of hydrogen-bond donors (Lipinski definition) is 5. The zero-order chi connectivity index (χ0) is 44.6. The number of nitrogens with one attached hydrogen (secondary N) is 4. The van der Waals surface area contributed by atoms with Crippen molar-refractivity contribution < 1.29 is 47.3 Å². The lowest BCUT2D eigenvalue weighted by Gasteiger charge is -2.43. The summed E-state index contributed by atoms with van der Waals surface area (Å²) >= 11 is 11.7. The van der Waals surface area contributed by atoms with Gasteiger partial charge in [0.05, 0.1) is 89.5 Å². The van der Waals surface area contributed by atoms with E-state index in [-0.39, 0.29) is 68.1 Å². The van der Waals surface area contributed by atoms with Gasteiger partial charge in [-0.25, -0.2) is 18.4 Å². The fraction of sp³-hybridized carbons (Fsp3) is 0.349. The fourth-order valence-corrected chi connectivity index (χ4v) is 8.14. The lowest BCUT2D eigenvalue weighted by molar-refractivity contribution is -0.0396. The summed E-state index contributed by atoms with van der Waals surface area (Å²) < 4.78 is 43.7. The summed E-state index contributed by atoms with van der Waals surface area (Å²) in [6.07, 6.45) is 0. The number of urea groups is 2. The van der Waals surface area contributed by atoms with Gasteiger partial charge >= 0.3 is 12.1 Å². The summed E-state index contributed by atoms with van der Waals surface area (Å²) in [5.74, 6) is -1.89. The number of phenols is 1. The zero-order valence-electron chi connectivity index (χ0n) is 34.2. The fourth-order valence-electron chi connectivity index (χ4n) is 7.80. The molecule has 4 aromatic carbocycles. The molecule has 4 aromatic rings. The van der Waals surface area contributed by atoms with Crippen LogP contribution in [0.2, 0.25) is 10.0 Å². The van der Waals surface area contributed by atoms with Crippen molar-refractivity contribution in [1.29, 1.82) is 0 Å². The van der Waals surface area contributed by atoms with Gasteiger partial charge in [-0.15, -0.1) is 0 Å². The lowest BCUT2D eigenvalue weighted by atomic mass is 10.1. The Morgan fingerprint density at radius 1 is 0.619 bits per heavy atom. The van der Waals surface area contributed by atoms with Gasteiger partial charge < -0.3 is 50.4 Å². The minimum absolute atomic E-state index is 0.0514. The van der Waals surface area contributed by atoms with E-state index in [2.05, 4.69) is 31.1 Å². The highest BCUT2D eigenvalue weighted by Gasteiger charge is 2.35. The highest BCUT2D eigenvalue weighted by atomic mass is 35.5. The van der Waals surface area contributed by atoms with Gasteiger partial charge in [0.2, 0.25) is 0 Å². The van der Waals surface area contributed by atoms with Crippen LogP contribution in [0.15, 0.2) is 72.8 Å². The lowest BCUT2D eigenvalue weighted by Crippen LogP contribution is -2.59. The SMILES string of the molecule is COc1c(NC(=O)Nc2cccc(F)c2Cl)cccc1C(=O)N1CCN2CCOCC2C1.O=C(Nc1cccc(C(=O)N2CCN3CCOCC3C2)c1O)Nc1cccc(F)c1Cl. The number of ether oxygens (including phenoxy) is 3. The van der Waals surface area contributed by atoms with Crippen molar-refractivity contribution in [1.82, 2.24) is 19.6 Å². The molecule has 6 amide bonds. The van der Waals surface area contributed by atoms with Gasteiger partial charge in [0.15, 0.2) is 11.5 Å². The highest BCUT2D eigenvalue weighted by Crippen LogP contribution is 2.33. The molecule has 4 fully saturated rings. The third-order valence-corrected chi connectivity index (χ3v) is 11.8. The summed E-state index contributed by atoms with van der Waals surface area (Å²) in [6.45, 7) is 8.07. The zero-order valence-corrected chi connectivity index (χ0v) is 35.7. The summed E-state index contributed by atoms with van der Waals surface area (Å²) in [7, 11) is 1.44. The Balaban J connectivity index is 0.000000189. The number of hydrogen-bond acceptors (Lipinski definition) is 10. The smallest absolute Gasteiger partial charge is 0.323 e. The molecule has 5 N–H and O–H groups in total. The molecule has 0 spiro atoms. The number of benzene rings is 4. The maximum absolute atomic E-state index is 13.6. The standard InChI is InChI=1S/C22H24ClFN4O4.C21H22ClFN4O4/c1-31-20-15(21(29)28-9-8-27-10-11-32-13-14(27)12-28)4-2-7-18(20)26-22(30)25-17-6-3-5-16(24)19(17)23;22-18-15(23)4-2-5-16(18)24-21(30)25-17-6-1-3-14(19(17)28)20(29)27-8-7-26-9-10-31-12-13(26)11-27/h2-7,14H,8-13H2,1H3,(H2,25,26,30);1-6,13,28H,7-12H2,(H2,24,25,30). The van der Waals surface area contributed by atoms with Crippen molar-refractivity contribution in [3.05, 3.63) is 106 Å². The number of carbonyl (C=O) groups is 4. The molecule has 0 saturated carbocycles. The van der Waals surface area contributed by atoms with Crippen LogP contribution in [0.5, 0.6) is 11.5 Å². The molecule has 0 aromatic heterocycles. The van der Waals surface area contributed by atoms with E-state index in [1.807, 2.05) is 0 Å². The van der Waals surface area contributed by atoms with E-state index in [0.29, 0.717) is 57.3 Å². The molecule has 20 heteroatoms. The predicted octanol–water partition coefficient (Wildman–Crippen LogP) is 6.27. The van der Waals surface area contributed by atoms with Crippen molar-refractivity contribution in [3.63, 3.8) is 0 Å². The van der Waals surface area contributed by atoms with E-state index >= 15 is 0 Å². The molecule has 0 aliphatic carbocycles. The maximum atomic E-state index is 13.6. The van der Waals surface area contributed by atoms with Gasteiger partial charge in [-0.3, -0.25) is 19.4 Å². The maximum Gasteiger partial charge on any atom is 0.323 e. The first-order chi connectivity index (χ1) is 30.4. The van der Waals surface area contributed by atoms with Crippen LogP contribution < -0.4 is 26.0 Å². The van der Waals surface area contributed by atoms with E-state index in [1.54, 1.807) is 34.1 Å². The summed E-state index contributed by atoms with van der Waals surface area (Å²) in [5, 5.41) is 20.2. The first kappa shape index (κ1) is 45.3. The molecule has 4 aliphatic rings. The summed E-state index contributed by atoms with van der Waals surface area (Å²) in [6, 6.07) is 16.6. The molecule has 63 heavy (non-hydrogen) atoms. The van der Waals surface area contributed by atoms with Crippen LogP contribution in [0, 0.1) is 11.6 Å². The van der Waals surface area contributed by atoms with Crippen LogP contribution in [0.1, 0.15) is 20.7 Å². The van der Waals surface area contributed by atoms with Crippen molar-refractivity contribution >= 4 is 69.8 Å². The minimum atomic E-state index is -0.736. The molecule has 4 heterocycles. The monoisotopic (exact) mass is 910 g/mol. The molecule has 2 unspecified atom stereocenters. The number of phenolic OH excluding ortho intramolecular Hbond substituents is 1. The Bertz CT molecular complexity index is 2350. The van der Waals surface area contributed by atoms with Crippen molar-refractivity contribution in [2.24, 2.45) is 0 Å². The summed E-state index contributed by atoms with van der Waals surface area (Å²) in [4.78, 5) is 59.2. The van der Waals surface area contributed by atoms with Crippen LogP contribution in [0.4, 0.5) is 41.1 Å². The Morgan fingerprint density at radius 2 is 1.05 bits per heavy atom. The third-order valence-electron chi connectivity index (χ3n) is 11.1. The van der Waals surface area contributed by atoms with Gasteiger partial charge in [-0.1, -0.05) is 47.5 Å². The molecule has 0 radical (unpaired) electrons. The van der Waals surface area contributed by atoms with Crippen molar-refractivity contribution in [3.8, 4) is 11.5 Å². The quantitative estimate of drug-likeness (QED) is 0.133. The van der Waals surface area contributed by atoms with Crippen LogP contribution in [-0.4, -0.2) is 147 Å². The van der Waals surface area contributed by atoms with Gasteiger partial charge in [0.25, 0.3) is 11.8 Å². The topological polar surface area (TPSA) is 177 Å². The second-order valence-electron chi connectivity index (χ2n) is 15.0. The molecule has 334 valence electrons. The Labute approximate surface area is 371 Å². The number of halogens is 4. The molecule has 4 aliphatic heterocycles. The van der Waals surface area contributed by atoms with Gasteiger partial charge in [-0.2, -0.15) is 0 Å². The number of para-hydroxylation sites is 2. The molecule has 0 bridgehead atoms. The Morgan fingerprint density at radius 3 is 1.57 bits per heavy atom.